The number of carbonyl (C=O) groups is 12. The molecule has 18 rings (SSSR count). The number of rotatable bonds is 27. The Kier molecular flexibility index (Phi) is 30.3. The van der Waals surface area contributed by atoms with E-state index in [1.807, 2.05) is 140 Å². The minimum Gasteiger partial charge on any atom is -0.507 e. The molecule has 5 aromatic heterocycles. The molecule has 0 atom stereocenters. The molecule has 3 aliphatic carbocycles. The topological polar surface area (TPSA) is 446 Å². The number of aliphatic hydroxyl groups is 4. The van der Waals surface area contributed by atoms with E-state index in [2.05, 4.69) is 24.9 Å². The van der Waals surface area contributed by atoms with Gasteiger partial charge in [-0.05, 0) is 129 Å². The number of fused-ring (bicyclic) bond motifs is 8. The second kappa shape index (κ2) is 43.8. The molecule has 0 bridgehead atoms. The summed E-state index contributed by atoms with van der Waals surface area (Å²) < 4.78 is 43.3. The lowest BCUT2D eigenvalue weighted by Gasteiger charge is -2.31. The van der Waals surface area contributed by atoms with Gasteiger partial charge in [0.15, 0.2) is 17.2 Å². The quantitative estimate of drug-likeness (QED) is 0.0109. The Morgan fingerprint density at radius 3 is 1.07 bits per heavy atom. The zero-order chi connectivity index (χ0) is 97.2. The van der Waals surface area contributed by atoms with E-state index in [1.54, 1.807) is 124 Å². The number of ketones is 2. The number of urea groups is 2. The van der Waals surface area contributed by atoms with Crippen molar-refractivity contribution in [2.24, 2.45) is 0 Å². The average Bonchev–Trinajstić information content (AvgIpc) is 1.56. The molecular weight excluding hydrogens is 1770 g/mol. The highest BCUT2D eigenvalue weighted by molar-refractivity contribution is 6.34. The van der Waals surface area contributed by atoms with Gasteiger partial charge in [-0.15, -0.1) is 0 Å². The van der Waals surface area contributed by atoms with Crippen LogP contribution >= 0.6 is 0 Å². The van der Waals surface area contributed by atoms with Crippen LogP contribution in [0.5, 0.6) is 17.2 Å². The standard InChI is InChI=1S/C29H19N3O4.C27H30N4O7.C27H25NO8.C22H19NO5/c33-28(18-9-13-30-14-10-18)35-26-21-6-2-1-5-20(21)17-23(26)25-27(22-7-3-4-8-24(22)32-25)36-29(34)19-11-15-31-16-12-19;1-2-11-28(12-15-32)26(37)30-20-9-5-3-7-18(20)24(35)22(30)23-25(36)19-8-4-6-10-21(19)31(23)27(38)29(13-16-33)14-17-34;1-3-33-21(29)14-23(31)35-26-17-10-6-5-9-16(17)13-19(26)25-27(18-11-7-8-12-20(18)28-25)36-24(32)15-22(30)34-4-2;1-2-27-18(24)12-19(25)28-22-15-9-5-6-10-17(15)23-20(22)16-11-13-7-3-4-8-14(13)21(16)26/h1-16,32H,17H2;3-10,32-34H,2,11-17H2,1H3;5-12,28H,3-4,13-15H2,1-2H3;3-10,23,26H,2,11-12H2,1H3/b;23-22+;;. The third-order valence-corrected chi connectivity index (χ3v) is 22.7. The zero-order valence-electron chi connectivity index (χ0n) is 75.3. The fourth-order valence-corrected chi connectivity index (χ4v) is 16.6. The van der Waals surface area contributed by atoms with Crippen LogP contribution in [-0.4, -0.2) is 192 Å². The van der Waals surface area contributed by atoms with Gasteiger partial charge >= 0.3 is 59.8 Å². The third-order valence-electron chi connectivity index (χ3n) is 22.7. The molecule has 4 amide bonds. The number of nitrogens with zero attached hydrogens (tertiary/aromatic N) is 6. The van der Waals surface area contributed by atoms with Crippen molar-refractivity contribution in [2.45, 2.75) is 72.6 Å². The molecule has 138 heavy (non-hydrogen) atoms. The lowest BCUT2D eigenvalue weighted by atomic mass is 10.1. The first kappa shape index (κ1) is 95.6. The Balaban J connectivity index is 0.000000140. The van der Waals surface area contributed by atoms with Crippen LogP contribution < -0.4 is 24.0 Å². The van der Waals surface area contributed by atoms with Gasteiger partial charge in [0.25, 0.3) is 0 Å². The molecule has 0 fully saturated rings. The molecule has 0 unspecified atom stereocenters. The number of nitrogens with one attached hydrogen (secondary N) is 3. The van der Waals surface area contributed by atoms with Crippen LogP contribution in [-0.2, 0) is 71.7 Å². The lowest BCUT2D eigenvalue weighted by Crippen LogP contribution is -2.48. The summed E-state index contributed by atoms with van der Waals surface area (Å²) in [6, 6.07) is 62.8. The number of amides is 4. The maximum Gasteiger partial charge on any atom is 0.343 e. The van der Waals surface area contributed by atoms with Gasteiger partial charge in [0.2, 0.25) is 11.6 Å². The number of para-hydroxylation sites is 5. The minimum absolute atomic E-state index is 0.0136. The smallest absolute Gasteiger partial charge is 0.343 e. The summed E-state index contributed by atoms with van der Waals surface area (Å²) in [5.74, 6) is -4.73. The van der Waals surface area contributed by atoms with Crippen molar-refractivity contribution in [1.29, 1.82) is 0 Å². The van der Waals surface area contributed by atoms with E-state index in [-0.39, 0.29) is 110 Å². The van der Waals surface area contributed by atoms with Crippen LogP contribution in [0.3, 0.4) is 0 Å². The number of aromatic amines is 3. The summed E-state index contributed by atoms with van der Waals surface area (Å²) in [5, 5.41) is 41.4. The van der Waals surface area contributed by atoms with Crippen LogP contribution in [0.1, 0.15) is 145 Å². The van der Waals surface area contributed by atoms with Crippen molar-refractivity contribution < 1.29 is 116 Å². The number of H-pyrrole nitrogens is 3. The molecule has 2 aliphatic heterocycles. The SMILES string of the molecule is CCCN(CCO)C(=O)N1/C(=C2\C(=O)c3ccccc3N2C(=O)N(CCO)CCO)C(=O)c2ccccc21.CCOC(=O)CC(=O)OC1=C(c2[nH]c3ccccc3c2OC(=O)CC(=O)OCC)Cc2ccccc21.CCOC(=O)CC(=O)Oc1c(C2=C(O)c3ccccc3C2)[nH]c2ccccc12.O=C(OC1=C(c2[nH]c3ccccc3c2OC(=O)c2ccncc2)Cc2ccccc21)c1ccncc1. The second-order valence-corrected chi connectivity index (χ2v) is 31.5. The van der Waals surface area contributed by atoms with Gasteiger partial charge in [0.1, 0.15) is 47.9 Å². The second-order valence-electron chi connectivity index (χ2n) is 31.5. The van der Waals surface area contributed by atoms with Crippen LogP contribution in [0.25, 0.3) is 66.7 Å². The third kappa shape index (κ3) is 20.5. The summed E-state index contributed by atoms with van der Waals surface area (Å²) in [4.78, 5) is 177. The number of hydrogen-bond acceptors (Lipinski definition) is 26. The molecule has 0 saturated heterocycles. The number of benzene rings is 8. The van der Waals surface area contributed by atoms with Crippen molar-refractivity contribution in [2.75, 3.05) is 75.6 Å². The van der Waals surface area contributed by atoms with Gasteiger partial charge in [0.05, 0.1) is 79.2 Å². The van der Waals surface area contributed by atoms with Gasteiger partial charge in [-0.1, -0.05) is 140 Å². The molecule has 0 spiro atoms. The Morgan fingerprint density at radius 1 is 0.355 bits per heavy atom. The molecule has 33 nitrogen and oxygen atoms in total. The normalized spacial score (nSPS) is 13.5. The molecule has 7 N–H and O–H groups in total. The van der Waals surface area contributed by atoms with Crippen molar-refractivity contribution in [1.82, 2.24) is 34.7 Å². The van der Waals surface area contributed by atoms with Crippen molar-refractivity contribution in [3.8, 4) is 17.2 Å². The number of ether oxygens (including phenoxy) is 8. The predicted molar refractivity (Wildman–Crippen MR) is 507 cm³/mol. The Morgan fingerprint density at radius 2 is 0.674 bits per heavy atom. The maximum absolute atomic E-state index is 13.9. The summed E-state index contributed by atoms with van der Waals surface area (Å²) in [6.07, 6.45) is 6.59. The number of esters is 8. The number of carbonyl (C=O) groups excluding carboxylic acids is 12. The summed E-state index contributed by atoms with van der Waals surface area (Å²) in [5.41, 5.74) is 12.0. The minimum atomic E-state index is -0.781. The molecule has 0 radical (unpaired) electrons. The largest absolute Gasteiger partial charge is 0.507 e. The van der Waals surface area contributed by atoms with Gasteiger partial charge in [-0.3, -0.25) is 58.1 Å². The predicted octanol–water partition coefficient (Wildman–Crippen LogP) is 15.2. The first-order chi connectivity index (χ1) is 67.1. The molecule has 7 heterocycles. The lowest BCUT2D eigenvalue weighted by molar-refractivity contribution is -0.152. The van der Waals surface area contributed by atoms with Crippen molar-refractivity contribution in [3.05, 3.63) is 327 Å². The van der Waals surface area contributed by atoms with E-state index >= 15 is 0 Å². The van der Waals surface area contributed by atoms with Crippen LogP contribution in [0.4, 0.5) is 21.0 Å². The monoisotopic (exact) mass is 1860 g/mol. The van der Waals surface area contributed by atoms with E-state index in [9.17, 15) is 78.0 Å². The Hall–Kier alpha value is -17.0. The number of aromatic nitrogens is 5. The first-order valence-electron chi connectivity index (χ1n) is 44.4. The van der Waals surface area contributed by atoms with Crippen LogP contribution in [0.2, 0.25) is 0 Å². The van der Waals surface area contributed by atoms with E-state index < -0.39 is 90.6 Å². The number of anilines is 2. The summed E-state index contributed by atoms with van der Waals surface area (Å²) in [7, 11) is 0. The first-order valence-corrected chi connectivity index (χ1v) is 44.4. The van der Waals surface area contributed by atoms with Crippen molar-refractivity contribution >= 4 is 149 Å². The van der Waals surface area contributed by atoms with Gasteiger partial charge < -0.3 is 83.1 Å². The molecule has 8 aromatic carbocycles. The van der Waals surface area contributed by atoms with Crippen LogP contribution in [0.15, 0.2) is 255 Å². The fraction of sp³-hybridized carbons (Fsp3) is 0.200. The fourth-order valence-electron chi connectivity index (χ4n) is 16.6. The van der Waals surface area contributed by atoms with Gasteiger partial charge in [-0.2, -0.15) is 0 Å². The molecule has 702 valence electrons. The molecule has 0 saturated carbocycles. The Labute approximate surface area is 788 Å². The Bertz CT molecular complexity index is 6960. The zero-order valence-corrected chi connectivity index (χ0v) is 75.3. The highest BCUT2D eigenvalue weighted by Crippen LogP contribution is 2.50. The van der Waals surface area contributed by atoms with E-state index in [0.29, 0.717) is 111 Å². The van der Waals surface area contributed by atoms with E-state index in [4.69, 9.17) is 37.9 Å². The number of allylic oxidation sites excluding steroid dienone is 5. The average molecular weight is 1860 g/mol. The van der Waals surface area contributed by atoms with Crippen LogP contribution in [0, 0.1) is 0 Å². The van der Waals surface area contributed by atoms with E-state index in [1.165, 1.54) is 15.9 Å². The van der Waals surface area contributed by atoms with Gasteiger partial charge in [0, 0.05) is 147 Å². The summed E-state index contributed by atoms with van der Waals surface area (Å²) >= 11 is 0. The molecule has 5 aliphatic rings. The molecule has 33 heteroatoms. The highest BCUT2D eigenvalue weighted by atomic mass is 16.6. The number of Topliss-reactive ketones (excluding diaryl/α,β-unsaturated/α-hetero) is 2. The number of aliphatic hydroxyl groups excluding tert-OH is 4. The molecular formula is C105H93N9O24. The van der Waals surface area contributed by atoms with Gasteiger partial charge in [-0.25, -0.2) is 19.2 Å². The number of pyridine rings is 2. The maximum atomic E-state index is 13.9. The van der Waals surface area contributed by atoms with E-state index in [0.717, 1.165) is 59.6 Å². The van der Waals surface area contributed by atoms with Crippen molar-refractivity contribution in [3.63, 3.8) is 0 Å². The highest BCUT2D eigenvalue weighted by Gasteiger charge is 2.49. The summed E-state index contributed by atoms with van der Waals surface area (Å²) in [6.45, 7) is 6.35. The number of hydrogen-bond donors (Lipinski definition) is 7. The molecule has 13 aromatic rings.